The first-order valence-corrected chi connectivity index (χ1v) is 7.71. The minimum absolute atomic E-state index is 0.000205. The van der Waals surface area contributed by atoms with Crippen molar-refractivity contribution in [3.63, 3.8) is 0 Å². The van der Waals surface area contributed by atoms with E-state index in [1.165, 1.54) is 21.0 Å². The molecule has 19 heavy (non-hydrogen) atoms. The van der Waals surface area contributed by atoms with Crippen molar-refractivity contribution in [1.82, 2.24) is 0 Å². The summed E-state index contributed by atoms with van der Waals surface area (Å²) in [5.74, 6) is -1.87. The summed E-state index contributed by atoms with van der Waals surface area (Å²) in [6.45, 7) is 2.65. The molecular formula is C12H15ClF2O3S. The van der Waals surface area contributed by atoms with Crippen LogP contribution in [0.3, 0.4) is 0 Å². The number of methoxy groups -OCH3 is 1. The zero-order valence-electron chi connectivity index (χ0n) is 11.0. The van der Waals surface area contributed by atoms with Gasteiger partial charge in [0.15, 0.2) is 9.84 Å². The fourth-order valence-electron chi connectivity index (χ4n) is 1.46. The van der Waals surface area contributed by atoms with Crippen LogP contribution in [0.2, 0.25) is 0 Å². The van der Waals surface area contributed by atoms with Crippen molar-refractivity contribution in [2.75, 3.05) is 13.4 Å². The van der Waals surface area contributed by atoms with Crippen LogP contribution in [-0.2, 0) is 9.84 Å². The molecule has 0 amide bonds. The molecule has 0 spiro atoms. The number of sulfone groups is 1. The molecule has 3 nitrogen and oxygen atoms in total. The van der Waals surface area contributed by atoms with Gasteiger partial charge in [-0.05, 0) is 13.8 Å². The van der Waals surface area contributed by atoms with Gasteiger partial charge >= 0.3 is 0 Å². The molecule has 1 aromatic carbocycles. The zero-order valence-corrected chi connectivity index (χ0v) is 12.6. The Labute approximate surface area is 116 Å². The minimum atomic E-state index is -3.60. The summed E-state index contributed by atoms with van der Waals surface area (Å²) < 4.78 is 54.3. The highest BCUT2D eigenvalue weighted by atomic mass is 35.5. The lowest BCUT2D eigenvalue weighted by molar-refractivity contribution is 0.404. The van der Waals surface area contributed by atoms with Crippen LogP contribution in [0.1, 0.15) is 24.8 Å². The monoisotopic (exact) mass is 312 g/mol. The predicted octanol–water partition coefficient (Wildman–Crippen LogP) is 3.08. The van der Waals surface area contributed by atoms with Gasteiger partial charge in [0, 0.05) is 24.0 Å². The Hall–Kier alpha value is -0.880. The van der Waals surface area contributed by atoms with Crippen molar-refractivity contribution < 1.29 is 21.9 Å². The Balaban J connectivity index is 3.40. The van der Waals surface area contributed by atoms with Crippen LogP contribution in [0.25, 0.3) is 0 Å². The maximum Gasteiger partial charge on any atom is 0.154 e. The predicted molar refractivity (Wildman–Crippen MR) is 70.4 cm³/mol. The Bertz CT molecular complexity index is 562. The third-order valence-electron chi connectivity index (χ3n) is 3.11. The molecule has 0 aliphatic heterocycles. The first-order valence-electron chi connectivity index (χ1n) is 5.39. The van der Waals surface area contributed by atoms with Gasteiger partial charge in [-0.1, -0.05) is 0 Å². The maximum atomic E-state index is 13.9. The molecule has 0 aliphatic carbocycles. The molecule has 0 N–H and O–H groups in total. The van der Waals surface area contributed by atoms with Crippen LogP contribution in [0.15, 0.2) is 12.1 Å². The molecule has 0 aliphatic rings. The maximum absolute atomic E-state index is 13.9. The third kappa shape index (κ3) is 3.00. The van der Waals surface area contributed by atoms with Gasteiger partial charge in [0.25, 0.3) is 0 Å². The SMILES string of the molecule is COc1cc(F)c(C(Cl)C(C)(C)S(C)(=O)=O)c(F)c1. The molecule has 0 radical (unpaired) electrons. The normalized spacial score (nSPS) is 14.3. The van der Waals surface area contributed by atoms with Crippen molar-refractivity contribution in [2.45, 2.75) is 24.0 Å². The number of ether oxygens (including phenoxy) is 1. The van der Waals surface area contributed by atoms with E-state index in [1.807, 2.05) is 0 Å². The Morgan fingerprint density at radius 2 is 1.68 bits per heavy atom. The Morgan fingerprint density at radius 1 is 1.26 bits per heavy atom. The van der Waals surface area contributed by atoms with Gasteiger partial charge in [-0.25, -0.2) is 17.2 Å². The van der Waals surface area contributed by atoms with Crippen molar-refractivity contribution >= 4 is 21.4 Å². The summed E-state index contributed by atoms with van der Waals surface area (Å²) in [5, 5.41) is -1.35. The second-order valence-electron chi connectivity index (χ2n) is 4.74. The molecule has 1 aromatic rings. The van der Waals surface area contributed by atoms with E-state index < -0.39 is 37.2 Å². The molecule has 0 saturated carbocycles. The fourth-order valence-corrected chi connectivity index (χ4v) is 2.64. The first kappa shape index (κ1) is 16.2. The van der Waals surface area contributed by atoms with Crippen LogP contribution in [0.4, 0.5) is 8.78 Å². The summed E-state index contributed by atoms with van der Waals surface area (Å²) in [6, 6.07) is 1.93. The summed E-state index contributed by atoms with van der Waals surface area (Å²) in [5.41, 5.74) is -0.474. The van der Waals surface area contributed by atoms with Crippen LogP contribution in [0, 0.1) is 11.6 Å². The van der Waals surface area contributed by atoms with Crippen LogP contribution in [0.5, 0.6) is 5.75 Å². The second-order valence-corrected chi connectivity index (χ2v) is 7.78. The van der Waals surface area contributed by atoms with E-state index in [0.29, 0.717) is 0 Å². The van der Waals surface area contributed by atoms with Gasteiger partial charge in [0.05, 0.1) is 17.2 Å². The van der Waals surface area contributed by atoms with Crippen molar-refractivity contribution in [3.05, 3.63) is 29.3 Å². The van der Waals surface area contributed by atoms with Gasteiger partial charge < -0.3 is 4.74 Å². The lowest BCUT2D eigenvalue weighted by atomic mass is 10.00. The molecule has 0 bridgehead atoms. The standard InChI is InChI=1S/C12H15ClF2O3S/c1-12(2,19(4,16)17)11(13)10-8(14)5-7(18-3)6-9(10)15/h5-6,11H,1-4H3. The molecular weight excluding hydrogens is 298 g/mol. The van der Waals surface area contributed by atoms with E-state index >= 15 is 0 Å². The molecule has 1 unspecified atom stereocenters. The van der Waals surface area contributed by atoms with E-state index in [-0.39, 0.29) is 5.75 Å². The molecule has 108 valence electrons. The summed E-state index contributed by atoms with van der Waals surface area (Å²) in [4.78, 5) is 0. The fraction of sp³-hybridized carbons (Fsp3) is 0.500. The lowest BCUT2D eigenvalue weighted by Crippen LogP contribution is -2.36. The zero-order chi connectivity index (χ0) is 15.0. The number of halogens is 3. The molecule has 0 heterocycles. The molecule has 0 aromatic heterocycles. The van der Waals surface area contributed by atoms with Crippen LogP contribution in [-0.4, -0.2) is 26.5 Å². The van der Waals surface area contributed by atoms with Crippen LogP contribution >= 0.6 is 11.6 Å². The highest BCUT2D eigenvalue weighted by Crippen LogP contribution is 2.40. The van der Waals surface area contributed by atoms with E-state index in [0.717, 1.165) is 18.4 Å². The minimum Gasteiger partial charge on any atom is -0.497 e. The van der Waals surface area contributed by atoms with Gasteiger partial charge in [-0.3, -0.25) is 0 Å². The highest BCUT2D eigenvalue weighted by Gasteiger charge is 2.41. The van der Waals surface area contributed by atoms with Gasteiger partial charge in [-0.15, -0.1) is 11.6 Å². The number of hydrogen-bond donors (Lipinski definition) is 0. The third-order valence-corrected chi connectivity index (χ3v) is 6.15. The van der Waals surface area contributed by atoms with Gasteiger partial charge in [-0.2, -0.15) is 0 Å². The lowest BCUT2D eigenvalue weighted by Gasteiger charge is -2.28. The molecule has 1 atom stereocenters. The highest BCUT2D eigenvalue weighted by molar-refractivity contribution is 7.92. The number of alkyl halides is 1. The van der Waals surface area contributed by atoms with E-state index in [2.05, 4.69) is 0 Å². The first-order chi connectivity index (χ1) is 8.52. The number of hydrogen-bond acceptors (Lipinski definition) is 3. The number of rotatable bonds is 4. The number of benzene rings is 1. The Morgan fingerprint density at radius 3 is 2.00 bits per heavy atom. The van der Waals surface area contributed by atoms with Gasteiger partial charge in [0.1, 0.15) is 17.4 Å². The summed E-state index contributed by atoms with van der Waals surface area (Å²) >= 11 is 5.99. The molecule has 0 saturated heterocycles. The van der Waals surface area contributed by atoms with E-state index in [1.54, 1.807) is 0 Å². The molecule has 0 fully saturated rings. The van der Waals surface area contributed by atoms with E-state index in [9.17, 15) is 17.2 Å². The largest absolute Gasteiger partial charge is 0.497 e. The Kier molecular flexibility index (Phi) is 4.47. The summed E-state index contributed by atoms with van der Waals surface area (Å²) in [7, 11) is -2.33. The van der Waals surface area contributed by atoms with Crippen molar-refractivity contribution in [3.8, 4) is 5.75 Å². The molecule has 7 heteroatoms. The van der Waals surface area contributed by atoms with Crippen LogP contribution < -0.4 is 4.74 Å². The average Bonchev–Trinajstić information content (AvgIpc) is 2.25. The van der Waals surface area contributed by atoms with Gasteiger partial charge in [0.2, 0.25) is 0 Å². The topological polar surface area (TPSA) is 43.4 Å². The average molecular weight is 313 g/mol. The van der Waals surface area contributed by atoms with Crippen molar-refractivity contribution in [2.24, 2.45) is 0 Å². The van der Waals surface area contributed by atoms with E-state index in [4.69, 9.17) is 16.3 Å². The quantitative estimate of drug-likeness (QED) is 0.803. The van der Waals surface area contributed by atoms with Crippen molar-refractivity contribution in [1.29, 1.82) is 0 Å². The second kappa shape index (κ2) is 5.25. The smallest absolute Gasteiger partial charge is 0.154 e. The molecule has 1 rings (SSSR count). The summed E-state index contributed by atoms with van der Waals surface area (Å²) in [6.07, 6.45) is 0.974.